The van der Waals surface area contributed by atoms with Crippen LogP contribution in [0.2, 0.25) is 0 Å². The Morgan fingerprint density at radius 1 is 0.562 bits per heavy atom. The van der Waals surface area contributed by atoms with Gasteiger partial charge >= 0.3 is 24.0 Å². The van der Waals surface area contributed by atoms with Crippen LogP contribution in [-0.2, 0) is 0 Å². The molecule has 0 aromatic heterocycles. The van der Waals surface area contributed by atoms with E-state index < -0.39 is 35.7 Å². The van der Waals surface area contributed by atoms with Crippen molar-refractivity contribution in [1.29, 1.82) is 0 Å². The Morgan fingerprint density at radius 3 is 0.938 bits per heavy atom. The zero-order chi connectivity index (χ0) is 13.3. The highest BCUT2D eigenvalue weighted by Gasteiger charge is 2.66. The van der Waals surface area contributed by atoms with Gasteiger partial charge in [0, 0.05) is 0 Å². The number of hydrogen-bond acceptors (Lipinski definition) is 0. The zero-order valence-corrected chi connectivity index (χ0v) is 6.78. The third-order valence-electron chi connectivity index (χ3n) is 1.33. The monoisotopic (exact) mass is 262 g/mol. The normalized spacial score (nSPS) is 12.4. The molecule has 0 saturated carbocycles. The Morgan fingerprint density at radius 2 is 0.812 bits per heavy atom. The minimum absolute atomic E-state index is 3.89. The maximum Gasteiger partial charge on any atom is 0.436 e. The van der Waals surface area contributed by atoms with Crippen molar-refractivity contribution in [2.45, 2.75) is 11.8 Å². The van der Waals surface area contributed by atoms with E-state index in [1.165, 1.54) is 0 Å². The Balaban J connectivity index is 5.99. The van der Waals surface area contributed by atoms with Gasteiger partial charge in [0.25, 0.3) is 0 Å². The van der Waals surface area contributed by atoms with Crippen LogP contribution in [0.3, 0.4) is 0 Å². The van der Waals surface area contributed by atoms with Crippen LogP contribution in [0.4, 0.5) is 43.9 Å². The fraction of sp³-hybridized carbons (Fsp3) is 0.333. The Kier molecular flexibility index (Phi) is 4.01. The van der Waals surface area contributed by atoms with Gasteiger partial charge in [-0.2, -0.15) is 30.7 Å². The quantitative estimate of drug-likeness (QED) is 0.646. The largest absolute Gasteiger partial charge is 0.436 e. The molecule has 0 unspecified atom stereocenters. The molecule has 0 saturated heterocycles. The van der Waals surface area contributed by atoms with Gasteiger partial charge < -0.3 is 0 Å². The molecule has 0 bridgehead atoms. The van der Waals surface area contributed by atoms with E-state index in [2.05, 4.69) is 0 Å². The molecule has 0 radical (unpaired) electrons. The first kappa shape index (κ1) is 14.8. The summed E-state index contributed by atoms with van der Waals surface area (Å²) in [6, 6.07) is 0. The molecule has 0 heterocycles. The van der Waals surface area contributed by atoms with E-state index in [0.717, 1.165) is 0 Å². The number of rotatable bonds is 2. The molecular weight excluding hydrogens is 262 g/mol. The first-order valence-electron chi connectivity index (χ1n) is 3.14. The third kappa shape index (κ3) is 2.30. The van der Waals surface area contributed by atoms with Crippen molar-refractivity contribution >= 4 is 0 Å². The minimum atomic E-state index is -6.63. The Labute approximate surface area is 80.8 Å². The van der Waals surface area contributed by atoms with Crippen LogP contribution in [0, 0.1) is 0 Å². The lowest BCUT2D eigenvalue weighted by molar-refractivity contribution is -0.215. The Hall–Kier alpha value is -1.22. The molecule has 0 aromatic rings. The molecule has 16 heavy (non-hydrogen) atoms. The summed E-state index contributed by atoms with van der Waals surface area (Å²) in [4.78, 5) is 0. The van der Waals surface area contributed by atoms with Gasteiger partial charge in [0.2, 0.25) is 11.7 Å². The first-order chi connectivity index (χ1) is 6.96. The molecule has 0 rings (SSSR count). The van der Waals surface area contributed by atoms with E-state index in [1.54, 1.807) is 0 Å². The van der Waals surface area contributed by atoms with Crippen molar-refractivity contribution in [1.82, 2.24) is 0 Å². The summed E-state index contributed by atoms with van der Waals surface area (Å²) in [5.74, 6) is -7.93. The number of alkyl halides is 4. The van der Waals surface area contributed by atoms with Crippen LogP contribution in [0.15, 0.2) is 23.8 Å². The second-order valence-electron chi connectivity index (χ2n) is 2.31. The molecule has 0 nitrogen and oxygen atoms in total. The van der Waals surface area contributed by atoms with E-state index >= 15 is 0 Å². The van der Waals surface area contributed by atoms with Crippen molar-refractivity contribution in [3.05, 3.63) is 23.8 Å². The fourth-order valence-electron chi connectivity index (χ4n) is 0.606. The summed E-state index contributed by atoms with van der Waals surface area (Å²) >= 11 is 0. The van der Waals surface area contributed by atoms with E-state index in [9.17, 15) is 43.9 Å². The first-order valence-corrected chi connectivity index (χ1v) is 3.14. The van der Waals surface area contributed by atoms with E-state index in [4.69, 9.17) is 0 Å². The molecule has 10 heteroatoms. The summed E-state index contributed by atoms with van der Waals surface area (Å²) in [5, 5.41) is 0. The summed E-state index contributed by atoms with van der Waals surface area (Å²) in [7, 11) is 0. The minimum Gasteiger partial charge on any atom is -0.217 e. The smallest absolute Gasteiger partial charge is 0.217 e. The van der Waals surface area contributed by atoms with E-state index in [-0.39, 0.29) is 0 Å². The van der Waals surface area contributed by atoms with Crippen molar-refractivity contribution in [2.75, 3.05) is 0 Å². The maximum atomic E-state index is 12.6. The summed E-state index contributed by atoms with van der Waals surface area (Å²) in [6.45, 7) is 0. The lowest BCUT2D eigenvalue weighted by Gasteiger charge is -2.23. The van der Waals surface area contributed by atoms with Crippen LogP contribution in [0.25, 0.3) is 0 Å². The number of allylic oxidation sites excluding steroid dienone is 2. The Bertz CT molecular complexity index is 302. The van der Waals surface area contributed by atoms with Gasteiger partial charge in [-0.15, -0.1) is 0 Å². The molecule has 0 N–H and O–H groups in total. The second kappa shape index (κ2) is 4.34. The van der Waals surface area contributed by atoms with E-state index in [0.29, 0.717) is 0 Å². The molecule has 0 spiro atoms. The number of hydrogen-bond donors (Lipinski definition) is 0. The van der Waals surface area contributed by atoms with Gasteiger partial charge in [-0.3, -0.25) is 0 Å². The topological polar surface area (TPSA) is 0 Å². The fourth-order valence-corrected chi connectivity index (χ4v) is 0.606. The van der Waals surface area contributed by atoms with Gasteiger partial charge in [0.15, 0.2) is 0 Å². The highest BCUT2D eigenvalue weighted by atomic mass is 19.4. The predicted molar refractivity (Wildman–Crippen MR) is 30.6 cm³/mol. The number of halogens is 10. The summed E-state index contributed by atoms with van der Waals surface area (Å²) < 4.78 is 118. The van der Waals surface area contributed by atoms with Gasteiger partial charge in [-0.25, -0.2) is 13.2 Å². The summed E-state index contributed by atoms with van der Waals surface area (Å²) in [5.41, 5.74) is -6.18. The van der Waals surface area contributed by atoms with Gasteiger partial charge in [-0.05, 0) is 0 Å². The molecule has 0 aliphatic heterocycles. The third-order valence-corrected chi connectivity index (χ3v) is 1.33. The van der Waals surface area contributed by atoms with Crippen LogP contribution in [0.5, 0.6) is 0 Å². The molecule has 0 atom stereocenters. The van der Waals surface area contributed by atoms with Gasteiger partial charge in [-0.1, -0.05) is 0 Å². The van der Waals surface area contributed by atoms with Gasteiger partial charge in [0.1, 0.15) is 0 Å². The zero-order valence-electron chi connectivity index (χ0n) is 6.78. The predicted octanol–water partition coefficient (Wildman–Crippen LogP) is 4.41. The molecule has 0 aromatic carbocycles. The average Bonchev–Trinajstić information content (AvgIpc) is 2.11. The molecule has 0 aliphatic rings. The van der Waals surface area contributed by atoms with Crippen LogP contribution in [-0.4, -0.2) is 11.8 Å². The molecule has 0 aliphatic carbocycles. The SMILES string of the molecule is FC(F)=C(F)C(F)(C(F)=C(F)F)C(F)(F)F. The molecule has 94 valence electrons. The van der Waals surface area contributed by atoms with Crippen molar-refractivity contribution < 1.29 is 43.9 Å². The van der Waals surface area contributed by atoms with Crippen molar-refractivity contribution in [2.24, 2.45) is 0 Å². The standard InChI is InChI=1S/C6F10/c7-1(3(9)10)5(13,6(14,15)16)2(8)4(11)12. The lowest BCUT2D eigenvalue weighted by atomic mass is 10.0. The van der Waals surface area contributed by atoms with Crippen molar-refractivity contribution in [3.8, 4) is 0 Å². The molecule has 0 amide bonds. The van der Waals surface area contributed by atoms with Crippen molar-refractivity contribution in [3.63, 3.8) is 0 Å². The average molecular weight is 262 g/mol. The maximum absolute atomic E-state index is 12.6. The van der Waals surface area contributed by atoms with E-state index in [1.807, 2.05) is 0 Å². The molecule has 0 fully saturated rings. The highest BCUT2D eigenvalue weighted by Crippen LogP contribution is 2.48. The van der Waals surface area contributed by atoms with Crippen LogP contribution in [0.1, 0.15) is 0 Å². The summed E-state index contributed by atoms with van der Waals surface area (Å²) in [6.07, 6.45) is -14.4. The second-order valence-corrected chi connectivity index (χ2v) is 2.31. The lowest BCUT2D eigenvalue weighted by Crippen LogP contribution is -2.43. The van der Waals surface area contributed by atoms with Gasteiger partial charge in [0.05, 0.1) is 0 Å². The highest BCUT2D eigenvalue weighted by molar-refractivity contribution is 5.28. The van der Waals surface area contributed by atoms with Crippen LogP contribution >= 0.6 is 0 Å². The van der Waals surface area contributed by atoms with Crippen LogP contribution < -0.4 is 0 Å². The molecular formula is C6F10.